The maximum absolute atomic E-state index is 9.40. The molecule has 1 N–H and O–H groups in total. The molecule has 0 heterocycles. The van der Waals surface area contributed by atoms with E-state index in [2.05, 4.69) is 0 Å². The molecule has 0 spiro atoms. The van der Waals surface area contributed by atoms with Crippen molar-refractivity contribution in [2.75, 3.05) is 0 Å². The Kier molecular flexibility index (Phi) is 4.73. The predicted octanol–water partition coefficient (Wildman–Crippen LogP) is 3.70. The van der Waals surface area contributed by atoms with Crippen LogP contribution in [-0.2, 0) is 6.42 Å². The first-order valence-electron chi connectivity index (χ1n) is 4.75. The molecule has 1 unspecified atom stereocenters. The zero-order valence-corrected chi connectivity index (χ0v) is 9.65. The highest BCUT2D eigenvalue weighted by Crippen LogP contribution is 2.22. The molecule has 0 saturated carbocycles. The lowest BCUT2D eigenvalue weighted by Crippen LogP contribution is -2.05. The van der Waals surface area contributed by atoms with Crippen molar-refractivity contribution in [1.82, 2.24) is 0 Å². The van der Waals surface area contributed by atoms with Gasteiger partial charge in [-0.3, -0.25) is 0 Å². The zero-order chi connectivity index (χ0) is 10.6. The summed E-state index contributed by atoms with van der Waals surface area (Å²) in [6.07, 6.45) is 2.04. The van der Waals surface area contributed by atoms with E-state index in [9.17, 15) is 5.11 Å². The fourth-order valence-electron chi connectivity index (χ4n) is 1.26. The molecule has 1 nitrogen and oxygen atoms in total. The minimum Gasteiger partial charge on any atom is -0.393 e. The molecule has 0 aliphatic heterocycles. The summed E-state index contributed by atoms with van der Waals surface area (Å²) < 4.78 is 0. The molecule has 0 amide bonds. The van der Waals surface area contributed by atoms with Crippen molar-refractivity contribution in [1.29, 1.82) is 0 Å². The van der Waals surface area contributed by atoms with Crippen LogP contribution in [0.3, 0.4) is 0 Å². The number of aryl methyl sites for hydroxylation is 1. The second kappa shape index (κ2) is 5.59. The van der Waals surface area contributed by atoms with E-state index >= 15 is 0 Å². The molecule has 0 bridgehead atoms. The first kappa shape index (κ1) is 11.8. The van der Waals surface area contributed by atoms with Gasteiger partial charge < -0.3 is 5.11 Å². The van der Waals surface area contributed by atoms with Crippen LogP contribution in [0.1, 0.15) is 25.3 Å². The minimum atomic E-state index is -0.245. The first-order valence-corrected chi connectivity index (χ1v) is 5.51. The number of aliphatic hydroxyl groups excluding tert-OH is 1. The van der Waals surface area contributed by atoms with Gasteiger partial charge in [-0.2, -0.15) is 0 Å². The third-order valence-electron chi connectivity index (χ3n) is 2.23. The Morgan fingerprint density at radius 2 is 2.07 bits per heavy atom. The normalized spacial score (nSPS) is 12.9. The van der Waals surface area contributed by atoms with Gasteiger partial charge in [0.05, 0.1) is 6.10 Å². The maximum Gasteiger partial charge on any atom is 0.0540 e. The monoisotopic (exact) mass is 232 g/mol. The van der Waals surface area contributed by atoms with Crippen LogP contribution in [0.4, 0.5) is 0 Å². The topological polar surface area (TPSA) is 20.2 Å². The Hall–Kier alpha value is -0.240. The molecule has 0 saturated heterocycles. The van der Waals surface area contributed by atoms with E-state index in [1.807, 2.05) is 13.0 Å². The van der Waals surface area contributed by atoms with Gasteiger partial charge in [0.15, 0.2) is 0 Å². The van der Waals surface area contributed by atoms with E-state index < -0.39 is 0 Å². The van der Waals surface area contributed by atoms with Gasteiger partial charge in [-0.25, -0.2) is 0 Å². The molecule has 3 heteroatoms. The number of hydrogen-bond donors (Lipinski definition) is 1. The molecule has 78 valence electrons. The van der Waals surface area contributed by atoms with Crippen molar-refractivity contribution in [3.05, 3.63) is 33.8 Å². The Morgan fingerprint density at radius 3 is 2.71 bits per heavy atom. The minimum absolute atomic E-state index is 0.245. The van der Waals surface area contributed by atoms with Gasteiger partial charge in [-0.05, 0) is 43.0 Å². The third-order valence-corrected chi connectivity index (χ3v) is 2.83. The predicted molar refractivity (Wildman–Crippen MR) is 61.1 cm³/mol. The summed E-state index contributed by atoms with van der Waals surface area (Å²) in [5.74, 6) is 0. The largest absolute Gasteiger partial charge is 0.393 e. The SMILES string of the molecule is CCC(O)CCc1cc(Cl)ccc1Cl. The Bertz CT molecular complexity index is 299. The van der Waals surface area contributed by atoms with Crippen molar-refractivity contribution in [3.63, 3.8) is 0 Å². The first-order chi connectivity index (χ1) is 6.63. The molecule has 0 aliphatic carbocycles. The van der Waals surface area contributed by atoms with E-state index in [0.29, 0.717) is 5.02 Å². The average molecular weight is 233 g/mol. The van der Waals surface area contributed by atoms with Gasteiger partial charge in [0.1, 0.15) is 0 Å². The Labute approximate surface area is 94.7 Å². The molecule has 1 aromatic carbocycles. The fourth-order valence-corrected chi connectivity index (χ4v) is 1.67. The Morgan fingerprint density at radius 1 is 1.36 bits per heavy atom. The van der Waals surface area contributed by atoms with Crippen LogP contribution in [-0.4, -0.2) is 11.2 Å². The second-order valence-electron chi connectivity index (χ2n) is 3.34. The lowest BCUT2D eigenvalue weighted by Gasteiger charge is -2.08. The summed E-state index contributed by atoms with van der Waals surface area (Å²) >= 11 is 11.8. The van der Waals surface area contributed by atoms with Crippen LogP contribution in [0.25, 0.3) is 0 Å². The number of hydrogen-bond acceptors (Lipinski definition) is 1. The molecule has 0 fully saturated rings. The standard InChI is InChI=1S/C11H14Cl2O/c1-2-10(14)5-3-8-7-9(12)4-6-11(8)13/h4,6-7,10,14H,2-3,5H2,1H3. The number of aliphatic hydroxyl groups is 1. The quantitative estimate of drug-likeness (QED) is 0.840. The highest BCUT2D eigenvalue weighted by atomic mass is 35.5. The van der Waals surface area contributed by atoms with E-state index in [0.717, 1.165) is 29.8 Å². The number of rotatable bonds is 4. The van der Waals surface area contributed by atoms with Crippen molar-refractivity contribution in [2.45, 2.75) is 32.3 Å². The van der Waals surface area contributed by atoms with Crippen molar-refractivity contribution in [2.24, 2.45) is 0 Å². The smallest absolute Gasteiger partial charge is 0.0540 e. The summed E-state index contributed by atoms with van der Waals surface area (Å²) in [5, 5.41) is 10.8. The van der Waals surface area contributed by atoms with Crippen molar-refractivity contribution >= 4 is 23.2 Å². The van der Waals surface area contributed by atoms with E-state index in [4.69, 9.17) is 23.2 Å². The lowest BCUT2D eigenvalue weighted by molar-refractivity contribution is 0.160. The van der Waals surface area contributed by atoms with Crippen LogP contribution in [0, 0.1) is 0 Å². The molecule has 0 aliphatic rings. The van der Waals surface area contributed by atoms with Crippen LogP contribution < -0.4 is 0 Å². The second-order valence-corrected chi connectivity index (χ2v) is 4.18. The third kappa shape index (κ3) is 3.49. The van der Waals surface area contributed by atoms with Gasteiger partial charge in [0, 0.05) is 10.0 Å². The molecule has 1 atom stereocenters. The molecule has 0 radical (unpaired) electrons. The van der Waals surface area contributed by atoms with Gasteiger partial charge in [0.25, 0.3) is 0 Å². The van der Waals surface area contributed by atoms with Crippen molar-refractivity contribution in [3.8, 4) is 0 Å². The van der Waals surface area contributed by atoms with E-state index in [-0.39, 0.29) is 6.10 Å². The molecular weight excluding hydrogens is 219 g/mol. The summed E-state index contributed by atoms with van der Waals surface area (Å²) in [4.78, 5) is 0. The number of halogens is 2. The highest BCUT2D eigenvalue weighted by Gasteiger charge is 2.05. The van der Waals surface area contributed by atoms with Crippen LogP contribution in [0.5, 0.6) is 0 Å². The summed E-state index contributed by atoms with van der Waals surface area (Å²) in [5.41, 5.74) is 1.01. The van der Waals surface area contributed by atoms with E-state index in [1.54, 1.807) is 12.1 Å². The maximum atomic E-state index is 9.40. The summed E-state index contributed by atoms with van der Waals surface area (Å²) in [7, 11) is 0. The lowest BCUT2D eigenvalue weighted by atomic mass is 10.1. The van der Waals surface area contributed by atoms with Crippen LogP contribution in [0.2, 0.25) is 10.0 Å². The van der Waals surface area contributed by atoms with Crippen molar-refractivity contribution < 1.29 is 5.11 Å². The molecule has 1 aromatic rings. The van der Waals surface area contributed by atoms with Gasteiger partial charge >= 0.3 is 0 Å². The zero-order valence-electron chi connectivity index (χ0n) is 8.13. The van der Waals surface area contributed by atoms with Gasteiger partial charge in [-0.1, -0.05) is 30.1 Å². The molecule has 14 heavy (non-hydrogen) atoms. The Balaban J connectivity index is 2.62. The summed E-state index contributed by atoms with van der Waals surface area (Å²) in [6.45, 7) is 1.96. The van der Waals surface area contributed by atoms with Gasteiger partial charge in [-0.15, -0.1) is 0 Å². The van der Waals surface area contributed by atoms with E-state index in [1.165, 1.54) is 0 Å². The molecule has 1 rings (SSSR count). The van der Waals surface area contributed by atoms with Gasteiger partial charge in [0.2, 0.25) is 0 Å². The summed E-state index contributed by atoms with van der Waals surface area (Å²) in [6, 6.07) is 5.41. The van der Waals surface area contributed by atoms with Crippen LogP contribution >= 0.6 is 23.2 Å². The molecular formula is C11H14Cl2O. The fraction of sp³-hybridized carbons (Fsp3) is 0.455. The van der Waals surface area contributed by atoms with Crippen LogP contribution in [0.15, 0.2) is 18.2 Å². The molecule has 0 aromatic heterocycles. The average Bonchev–Trinajstić information content (AvgIpc) is 2.19. The highest BCUT2D eigenvalue weighted by molar-refractivity contribution is 6.33. The number of benzene rings is 1.